The van der Waals surface area contributed by atoms with E-state index in [0.29, 0.717) is 18.0 Å². The topological polar surface area (TPSA) is 42.2 Å². The molecule has 1 N–H and O–H groups in total. The molecule has 0 saturated carbocycles. The summed E-state index contributed by atoms with van der Waals surface area (Å²) in [4.78, 5) is 12.0. The third-order valence-electron chi connectivity index (χ3n) is 4.81. The van der Waals surface area contributed by atoms with Crippen molar-refractivity contribution >= 4 is 22.6 Å². The van der Waals surface area contributed by atoms with Gasteiger partial charge in [-0.25, -0.2) is 4.79 Å². The lowest BCUT2D eigenvalue weighted by molar-refractivity contribution is 0.547. The van der Waals surface area contributed by atoms with E-state index in [9.17, 15) is 4.79 Å². The molecule has 0 unspecified atom stereocenters. The molecule has 3 nitrogen and oxygen atoms in total. The summed E-state index contributed by atoms with van der Waals surface area (Å²) >= 11 is 5.96. The van der Waals surface area contributed by atoms with Crippen LogP contribution in [0.2, 0.25) is 5.02 Å². The number of fused-ring (bicyclic) bond motifs is 1. The standard InChI is InChI=1S/C22H24ClNO2/c1-13(2)19-11-20-17(10-22(25)26-21(20)9-14(19)3)12-24-15(4)16-5-7-18(23)8-6-16/h5-11,13,15,24H,12H2,1-4H3/t15-/m1/s1. The molecule has 136 valence electrons. The van der Waals surface area contributed by atoms with E-state index in [1.807, 2.05) is 30.3 Å². The summed E-state index contributed by atoms with van der Waals surface area (Å²) in [5.74, 6) is 0.417. The van der Waals surface area contributed by atoms with E-state index >= 15 is 0 Å². The van der Waals surface area contributed by atoms with Gasteiger partial charge in [0.15, 0.2) is 0 Å². The van der Waals surface area contributed by atoms with Crippen LogP contribution in [0.5, 0.6) is 0 Å². The third kappa shape index (κ3) is 4.00. The number of halogens is 1. The lowest BCUT2D eigenvalue weighted by atomic mass is 9.95. The van der Waals surface area contributed by atoms with Gasteiger partial charge in [-0.1, -0.05) is 37.6 Å². The molecular weight excluding hydrogens is 346 g/mol. The monoisotopic (exact) mass is 369 g/mol. The zero-order chi connectivity index (χ0) is 18.8. The molecule has 0 amide bonds. The van der Waals surface area contributed by atoms with Gasteiger partial charge in [0.05, 0.1) is 0 Å². The molecule has 1 heterocycles. The fraction of sp³-hybridized carbons (Fsp3) is 0.318. The summed E-state index contributed by atoms with van der Waals surface area (Å²) in [7, 11) is 0. The lowest BCUT2D eigenvalue weighted by Crippen LogP contribution is -2.19. The number of benzene rings is 2. The molecule has 2 aromatic carbocycles. The first-order valence-corrected chi connectivity index (χ1v) is 9.29. The Labute approximate surface area is 159 Å². The molecule has 0 fully saturated rings. The van der Waals surface area contributed by atoms with Crippen molar-refractivity contribution in [1.29, 1.82) is 0 Å². The highest BCUT2D eigenvalue weighted by atomic mass is 35.5. The molecule has 1 atom stereocenters. The van der Waals surface area contributed by atoms with Gasteiger partial charge < -0.3 is 9.73 Å². The number of nitrogens with one attached hydrogen (secondary N) is 1. The predicted molar refractivity (Wildman–Crippen MR) is 108 cm³/mol. The van der Waals surface area contributed by atoms with E-state index in [-0.39, 0.29) is 11.7 Å². The summed E-state index contributed by atoms with van der Waals surface area (Å²) in [6.07, 6.45) is 0. The van der Waals surface area contributed by atoms with Crippen molar-refractivity contribution in [2.45, 2.75) is 46.2 Å². The van der Waals surface area contributed by atoms with Crippen molar-refractivity contribution in [2.24, 2.45) is 0 Å². The average Bonchev–Trinajstić information content (AvgIpc) is 2.59. The molecule has 3 rings (SSSR count). The summed E-state index contributed by atoms with van der Waals surface area (Å²) in [5, 5.41) is 5.21. The van der Waals surface area contributed by atoms with Gasteiger partial charge in [-0.2, -0.15) is 0 Å². The van der Waals surface area contributed by atoms with Gasteiger partial charge in [0.1, 0.15) is 5.58 Å². The van der Waals surface area contributed by atoms with Gasteiger partial charge in [-0.3, -0.25) is 0 Å². The molecule has 3 aromatic rings. The Kier molecular flexibility index (Phi) is 5.49. The number of aryl methyl sites for hydroxylation is 1. The molecule has 0 spiro atoms. The highest BCUT2D eigenvalue weighted by Crippen LogP contribution is 2.27. The Morgan fingerprint density at radius 2 is 1.77 bits per heavy atom. The quantitative estimate of drug-likeness (QED) is 0.584. The maximum Gasteiger partial charge on any atom is 0.336 e. The summed E-state index contributed by atoms with van der Waals surface area (Å²) in [6, 6.07) is 13.7. The van der Waals surface area contributed by atoms with E-state index in [4.69, 9.17) is 16.0 Å². The Morgan fingerprint density at radius 3 is 2.42 bits per heavy atom. The molecular formula is C22H24ClNO2. The fourth-order valence-electron chi connectivity index (χ4n) is 3.29. The molecule has 0 saturated heterocycles. The zero-order valence-corrected chi connectivity index (χ0v) is 16.4. The first-order chi connectivity index (χ1) is 12.3. The zero-order valence-electron chi connectivity index (χ0n) is 15.6. The molecule has 4 heteroatoms. The summed E-state index contributed by atoms with van der Waals surface area (Å²) in [5.41, 5.74) is 4.87. The van der Waals surface area contributed by atoms with Crippen LogP contribution in [-0.2, 0) is 6.54 Å². The van der Waals surface area contributed by atoms with E-state index in [1.54, 1.807) is 6.07 Å². The second-order valence-corrected chi connectivity index (χ2v) is 7.54. The Bertz CT molecular complexity index is 974. The lowest BCUT2D eigenvalue weighted by Gasteiger charge is -2.16. The Hall–Kier alpha value is -2.10. The van der Waals surface area contributed by atoms with Gasteiger partial charge in [0.2, 0.25) is 0 Å². The molecule has 0 aliphatic rings. The number of hydrogen-bond acceptors (Lipinski definition) is 3. The van der Waals surface area contributed by atoms with Crippen LogP contribution in [0, 0.1) is 6.92 Å². The summed E-state index contributed by atoms with van der Waals surface area (Å²) in [6.45, 7) is 9.09. The van der Waals surface area contributed by atoms with Crippen molar-refractivity contribution in [1.82, 2.24) is 5.32 Å². The van der Waals surface area contributed by atoms with Crippen LogP contribution in [0.4, 0.5) is 0 Å². The first-order valence-electron chi connectivity index (χ1n) is 8.91. The molecule has 0 aliphatic heterocycles. The van der Waals surface area contributed by atoms with Gasteiger partial charge in [-0.15, -0.1) is 0 Å². The number of hydrogen-bond donors (Lipinski definition) is 1. The van der Waals surface area contributed by atoms with Crippen LogP contribution < -0.4 is 10.9 Å². The molecule has 1 aromatic heterocycles. The van der Waals surface area contributed by atoms with Crippen LogP contribution in [0.1, 0.15) is 55.0 Å². The first kappa shape index (κ1) is 18.7. The molecule has 0 aliphatic carbocycles. The van der Waals surface area contributed by atoms with Crippen LogP contribution in [0.3, 0.4) is 0 Å². The SMILES string of the molecule is Cc1cc2oc(=O)cc(CN[C@H](C)c3ccc(Cl)cc3)c2cc1C(C)C. The predicted octanol–water partition coefficient (Wildman–Crippen LogP) is 5.73. The minimum atomic E-state index is -0.315. The minimum Gasteiger partial charge on any atom is -0.423 e. The van der Waals surface area contributed by atoms with Crippen LogP contribution in [0.15, 0.2) is 51.7 Å². The maximum absolute atomic E-state index is 12.0. The van der Waals surface area contributed by atoms with Crippen LogP contribution in [0.25, 0.3) is 11.0 Å². The van der Waals surface area contributed by atoms with Crippen LogP contribution in [-0.4, -0.2) is 0 Å². The van der Waals surface area contributed by atoms with Crippen LogP contribution >= 0.6 is 11.6 Å². The van der Waals surface area contributed by atoms with Gasteiger partial charge >= 0.3 is 5.63 Å². The van der Waals surface area contributed by atoms with E-state index in [0.717, 1.165) is 27.1 Å². The van der Waals surface area contributed by atoms with Crippen molar-refractivity contribution in [3.8, 4) is 0 Å². The Morgan fingerprint density at radius 1 is 1.08 bits per heavy atom. The molecule has 0 radical (unpaired) electrons. The van der Waals surface area contributed by atoms with E-state index < -0.39 is 0 Å². The smallest absolute Gasteiger partial charge is 0.336 e. The van der Waals surface area contributed by atoms with Crippen molar-refractivity contribution in [3.63, 3.8) is 0 Å². The van der Waals surface area contributed by atoms with Gasteiger partial charge in [-0.05, 0) is 66.3 Å². The second kappa shape index (κ2) is 7.65. The highest BCUT2D eigenvalue weighted by Gasteiger charge is 2.12. The van der Waals surface area contributed by atoms with Crippen molar-refractivity contribution in [3.05, 3.63) is 80.2 Å². The average molecular weight is 370 g/mol. The number of rotatable bonds is 5. The highest BCUT2D eigenvalue weighted by molar-refractivity contribution is 6.30. The Balaban J connectivity index is 1.92. The van der Waals surface area contributed by atoms with E-state index in [1.165, 1.54) is 5.56 Å². The molecule has 26 heavy (non-hydrogen) atoms. The fourth-order valence-corrected chi connectivity index (χ4v) is 3.42. The third-order valence-corrected chi connectivity index (χ3v) is 5.06. The second-order valence-electron chi connectivity index (χ2n) is 7.10. The van der Waals surface area contributed by atoms with E-state index in [2.05, 4.69) is 39.1 Å². The van der Waals surface area contributed by atoms with Crippen molar-refractivity contribution < 1.29 is 4.42 Å². The van der Waals surface area contributed by atoms with Gasteiger partial charge in [0, 0.05) is 29.1 Å². The minimum absolute atomic E-state index is 0.143. The summed E-state index contributed by atoms with van der Waals surface area (Å²) < 4.78 is 5.42. The largest absolute Gasteiger partial charge is 0.423 e. The normalized spacial score (nSPS) is 12.7. The molecule has 0 bridgehead atoms. The van der Waals surface area contributed by atoms with Crippen molar-refractivity contribution in [2.75, 3.05) is 0 Å². The van der Waals surface area contributed by atoms with Gasteiger partial charge in [0.25, 0.3) is 0 Å². The maximum atomic E-state index is 12.0.